The van der Waals surface area contributed by atoms with Crippen molar-refractivity contribution in [3.8, 4) is 17.2 Å². The highest BCUT2D eigenvalue weighted by Gasteiger charge is 2.64. The molecule has 0 radical (unpaired) electrons. The number of carboxylic acid groups (broad SMARTS) is 1. The molecule has 2 aliphatic rings. The van der Waals surface area contributed by atoms with E-state index >= 15 is 0 Å². The van der Waals surface area contributed by atoms with Gasteiger partial charge in [0, 0.05) is 0 Å². The summed E-state index contributed by atoms with van der Waals surface area (Å²) in [5.41, 5.74) is -3.03. The van der Waals surface area contributed by atoms with Crippen molar-refractivity contribution in [3.05, 3.63) is 17.7 Å². The van der Waals surface area contributed by atoms with Gasteiger partial charge < -0.3 is 75.1 Å². The molecule has 1 aromatic rings. The molecule has 1 aromatic carbocycles. The summed E-state index contributed by atoms with van der Waals surface area (Å²) < 4.78 is 20.4. The van der Waals surface area contributed by atoms with E-state index in [0.717, 1.165) is 12.1 Å². The first-order chi connectivity index (χ1) is 16.3. The Balaban J connectivity index is 1.77. The number of aliphatic hydroxyl groups is 8. The van der Waals surface area contributed by atoms with Gasteiger partial charge in [-0.3, -0.25) is 0 Å². The van der Waals surface area contributed by atoms with E-state index in [1.807, 2.05) is 0 Å². The van der Waals surface area contributed by atoms with E-state index in [4.69, 9.17) is 24.1 Å². The molecule has 0 spiro atoms. The number of benzene rings is 1. The van der Waals surface area contributed by atoms with Crippen LogP contribution < -0.4 is 4.74 Å². The molecule has 9 atom stereocenters. The highest BCUT2D eigenvalue weighted by atomic mass is 16.8. The van der Waals surface area contributed by atoms with E-state index in [1.165, 1.54) is 0 Å². The van der Waals surface area contributed by atoms with Crippen molar-refractivity contribution >= 4 is 5.97 Å². The van der Waals surface area contributed by atoms with E-state index in [2.05, 4.69) is 0 Å². The van der Waals surface area contributed by atoms with Crippen molar-refractivity contribution in [2.75, 3.05) is 19.8 Å². The first kappa shape index (κ1) is 27.2. The lowest BCUT2D eigenvalue weighted by Gasteiger charge is -2.41. The average Bonchev–Trinajstić information content (AvgIpc) is 3.02. The number of phenolic OH excluding ortho intramolecular Hbond substituents is 2. The normalized spacial score (nSPS) is 39.5. The fourth-order valence-electron chi connectivity index (χ4n) is 3.64. The number of phenols is 2. The number of hydrogen-bond donors (Lipinski definition) is 11. The number of ether oxygens (including phenoxy) is 4. The smallest absolute Gasteiger partial charge is 0.335 e. The molecule has 11 N–H and O–H groups in total. The maximum atomic E-state index is 11.2. The highest BCUT2D eigenvalue weighted by molar-refractivity contribution is 5.89. The molecule has 198 valence electrons. The standard InChI is InChI=1S/C19H26O16/c20-3-10-18(30,5-21)17(29)19(31,35-10)32-4-9-12(24)13(25)14(26)16(34-9)33-8-2-6(15(27)28)1-7(22)11(8)23/h1-2,9-10,12-14,16-17,20-26,29-31H,3-5H2,(H,27,28)/t9-,10-,12-,13+,14-,16-,17-,18-,19+/m1/s1. The third kappa shape index (κ3) is 4.86. The largest absolute Gasteiger partial charge is 0.504 e. The van der Waals surface area contributed by atoms with Gasteiger partial charge in [-0.25, -0.2) is 4.79 Å². The summed E-state index contributed by atoms with van der Waals surface area (Å²) in [6.45, 7) is -2.97. The molecular formula is C19H26O16. The van der Waals surface area contributed by atoms with Gasteiger partial charge in [0.25, 0.3) is 0 Å². The van der Waals surface area contributed by atoms with Gasteiger partial charge >= 0.3 is 11.9 Å². The zero-order chi connectivity index (χ0) is 26.3. The van der Waals surface area contributed by atoms with Crippen LogP contribution in [0.15, 0.2) is 12.1 Å². The molecular weight excluding hydrogens is 484 g/mol. The predicted molar refractivity (Wildman–Crippen MR) is 105 cm³/mol. The van der Waals surface area contributed by atoms with Gasteiger partial charge in [0.1, 0.15) is 36.1 Å². The van der Waals surface area contributed by atoms with Gasteiger partial charge in [0.15, 0.2) is 17.6 Å². The zero-order valence-electron chi connectivity index (χ0n) is 17.8. The summed E-state index contributed by atoms with van der Waals surface area (Å²) in [6, 6.07) is 1.51. The fourth-order valence-corrected chi connectivity index (χ4v) is 3.64. The Hall–Kier alpha value is -2.35. The number of aromatic hydroxyl groups is 2. The maximum Gasteiger partial charge on any atom is 0.335 e. The van der Waals surface area contributed by atoms with Crippen LogP contribution in [0.5, 0.6) is 17.2 Å². The van der Waals surface area contributed by atoms with Crippen molar-refractivity contribution in [2.24, 2.45) is 0 Å². The van der Waals surface area contributed by atoms with Crippen molar-refractivity contribution in [1.29, 1.82) is 0 Å². The van der Waals surface area contributed by atoms with Crippen LogP contribution in [0, 0.1) is 0 Å². The molecule has 0 aromatic heterocycles. The monoisotopic (exact) mass is 510 g/mol. The molecule has 3 rings (SSSR count). The summed E-state index contributed by atoms with van der Waals surface area (Å²) in [4.78, 5) is 11.2. The van der Waals surface area contributed by atoms with Crippen molar-refractivity contribution in [1.82, 2.24) is 0 Å². The van der Waals surface area contributed by atoms with Gasteiger partial charge in [-0.1, -0.05) is 0 Å². The first-order valence-electron chi connectivity index (χ1n) is 10.1. The molecule has 0 unspecified atom stereocenters. The summed E-state index contributed by atoms with van der Waals surface area (Å²) in [7, 11) is 0. The van der Waals surface area contributed by atoms with Crippen molar-refractivity contribution in [3.63, 3.8) is 0 Å². The van der Waals surface area contributed by atoms with Crippen LogP contribution in [-0.2, 0) is 14.2 Å². The van der Waals surface area contributed by atoms with Crippen LogP contribution in [0.1, 0.15) is 10.4 Å². The lowest BCUT2D eigenvalue weighted by molar-refractivity contribution is -0.390. The van der Waals surface area contributed by atoms with Gasteiger partial charge in [-0.15, -0.1) is 0 Å². The van der Waals surface area contributed by atoms with Gasteiger partial charge in [-0.05, 0) is 12.1 Å². The highest BCUT2D eigenvalue weighted by Crippen LogP contribution is 2.40. The molecule has 16 nitrogen and oxygen atoms in total. The van der Waals surface area contributed by atoms with E-state index in [-0.39, 0.29) is 0 Å². The minimum Gasteiger partial charge on any atom is -0.504 e. The van der Waals surface area contributed by atoms with E-state index < -0.39 is 103 Å². The quantitative estimate of drug-likeness (QED) is 0.115. The Kier molecular flexibility index (Phi) is 7.75. The molecule has 2 aliphatic heterocycles. The second-order valence-electron chi connectivity index (χ2n) is 8.06. The second-order valence-corrected chi connectivity index (χ2v) is 8.06. The lowest BCUT2D eigenvalue weighted by atomic mass is 9.93. The average molecular weight is 510 g/mol. The Bertz CT molecular complexity index is 926. The molecule has 2 heterocycles. The number of carboxylic acids is 1. The summed E-state index contributed by atoms with van der Waals surface area (Å²) in [6.07, 6.45) is -13.3. The number of aromatic carboxylic acids is 1. The minimum absolute atomic E-state index is 0.509. The fraction of sp³-hybridized carbons (Fsp3) is 0.632. The zero-order valence-corrected chi connectivity index (χ0v) is 17.8. The molecule has 16 heteroatoms. The molecule has 0 saturated carbocycles. The van der Waals surface area contributed by atoms with Crippen LogP contribution in [-0.4, -0.2) is 136 Å². The Labute approximate surface area is 196 Å². The van der Waals surface area contributed by atoms with Crippen molar-refractivity contribution in [2.45, 2.75) is 54.5 Å². The summed E-state index contributed by atoms with van der Waals surface area (Å²) in [5, 5.41) is 109. The molecule has 2 fully saturated rings. The van der Waals surface area contributed by atoms with Gasteiger partial charge in [0.05, 0.1) is 25.4 Å². The summed E-state index contributed by atoms with van der Waals surface area (Å²) in [5.74, 6) is -6.97. The molecule has 35 heavy (non-hydrogen) atoms. The van der Waals surface area contributed by atoms with Crippen LogP contribution in [0.25, 0.3) is 0 Å². The van der Waals surface area contributed by atoms with Crippen LogP contribution in [0.4, 0.5) is 0 Å². The number of rotatable bonds is 8. The van der Waals surface area contributed by atoms with Crippen LogP contribution in [0.2, 0.25) is 0 Å². The predicted octanol–water partition coefficient (Wildman–Crippen LogP) is -4.88. The Morgan fingerprint density at radius 1 is 1.03 bits per heavy atom. The van der Waals surface area contributed by atoms with Crippen LogP contribution in [0.3, 0.4) is 0 Å². The van der Waals surface area contributed by atoms with Gasteiger partial charge in [0.2, 0.25) is 12.0 Å². The maximum absolute atomic E-state index is 11.2. The van der Waals surface area contributed by atoms with Gasteiger partial charge in [-0.2, -0.15) is 0 Å². The van der Waals surface area contributed by atoms with Crippen LogP contribution >= 0.6 is 0 Å². The second kappa shape index (κ2) is 9.96. The first-order valence-corrected chi connectivity index (χ1v) is 10.1. The third-order valence-corrected chi connectivity index (χ3v) is 5.77. The molecule has 0 aliphatic carbocycles. The SMILES string of the molecule is O=C(O)c1cc(O)c(O)c(O[C@@H]2O[C@H](CO[C@]3(O)O[C@H](CO)[C@](O)(CO)[C@H]3O)[C@@H](O)[C@H](O)[C@H]2O)c1. The Morgan fingerprint density at radius 3 is 2.23 bits per heavy atom. The molecule has 2 saturated heterocycles. The number of aliphatic hydroxyl groups excluding tert-OH is 6. The summed E-state index contributed by atoms with van der Waals surface area (Å²) >= 11 is 0. The molecule has 0 amide bonds. The van der Waals surface area contributed by atoms with E-state index in [9.17, 15) is 55.9 Å². The van der Waals surface area contributed by atoms with E-state index in [1.54, 1.807) is 0 Å². The lowest BCUT2D eigenvalue weighted by Crippen LogP contribution is -2.61. The molecule has 0 bridgehead atoms. The number of carbonyl (C=O) groups is 1. The van der Waals surface area contributed by atoms with Crippen molar-refractivity contribution < 1.29 is 79.9 Å². The van der Waals surface area contributed by atoms with E-state index in [0.29, 0.717) is 0 Å². The topological polar surface area (TPSA) is 277 Å². The Morgan fingerprint density at radius 2 is 1.69 bits per heavy atom. The minimum atomic E-state index is -3.01. The number of hydrogen-bond acceptors (Lipinski definition) is 15. The third-order valence-electron chi connectivity index (χ3n) is 5.77.